The van der Waals surface area contributed by atoms with Gasteiger partial charge in [-0.1, -0.05) is 11.8 Å². The molecule has 0 saturated carbocycles. The second-order valence-corrected chi connectivity index (χ2v) is 8.81. The number of aliphatic hydroxyl groups is 1. The van der Waals surface area contributed by atoms with Crippen LogP contribution < -0.4 is 0 Å². The van der Waals surface area contributed by atoms with Crippen molar-refractivity contribution in [1.82, 2.24) is 9.80 Å². The lowest BCUT2D eigenvalue weighted by Gasteiger charge is -2.37. The van der Waals surface area contributed by atoms with Gasteiger partial charge in [0.15, 0.2) is 0 Å². The van der Waals surface area contributed by atoms with Gasteiger partial charge in [-0.25, -0.2) is 0 Å². The Balaban J connectivity index is 1.63. The average molecular weight is 346 g/mol. The summed E-state index contributed by atoms with van der Waals surface area (Å²) in [7, 11) is 1.93. The molecule has 2 aliphatic rings. The van der Waals surface area contributed by atoms with Crippen molar-refractivity contribution < 1.29 is 9.90 Å². The lowest BCUT2D eigenvalue weighted by Crippen LogP contribution is -2.48. The molecule has 4 nitrogen and oxygen atoms in total. The molecule has 0 aliphatic carbocycles. The molecule has 0 radical (unpaired) electrons. The SMILES string of the molecule is CN1CCC[C@]2(CCN(Cc3ccc(C#CC(C)(C)O)s3)C2)C1=O. The van der Waals surface area contributed by atoms with Crippen LogP contribution in [0.2, 0.25) is 0 Å². The number of carbonyl (C=O) groups excluding carboxylic acids is 1. The third-order valence-corrected chi connectivity index (χ3v) is 5.90. The molecule has 1 aromatic rings. The molecule has 2 saturated heterocycles. The van der Waals surface area contributed by atoms with Gasteiger partial charge in [-0.15, -0.1) is 11.3 Å². The van der Waals surface area contributed by atoms with Gasteiger partial charge in [0.25, 0.3) is 0 Å². The molecule has 130 valence electrons. The summed E-state index contributed by atoms with van der Waals surface area (Å²) >= 11 is 1.68. The molecule has 2 aliphatic heterocycles. The third kappa shape index (κ3) is 3.83. The predicted octanol–water partition coefficient (Wildman–Crippen LogP) is 2.31. The van der Waals surface area contributed by atoms with Crippen molar-refractivity contribution in [3.8, 4) is 11.8 Å². The van der Waals surface area contributed by atoms with E-state index in [1.165, 1.54) is 4.88 Å². The first-order valence-electron chi connectivity index (χ1n) is 8.60. The largest absolute Gasteiger partial charge is 0.378 e. The van der Waals surface area contributed by atoms with Gasteiger partial charge in [0.1, 0.15) is 5.60 Å². The first-order chi connectivity index (χ1) is 11.3. The van der Waals surface area contributed by atoms with Gasteiger partial charge in [-0.3, -0.25) is 9.69 Å². The molecule has 0 bridgehead atoms. The van der Waals surface area contributed by atoms with E-state index < -0.39 is 5.60 Å². The van der Waals surface area contributed by atoms with E-state index in [9.17, 15) is 9.90 Å². The molecule has 0 aromatic carbocycles. The van der Waals surface area contributed by atoms with Gasteiger partial charge < -0.3 is 10.0 Å². The van der Waals surface area contributed by atoms with E-state index in [-0.39, 0.29) is 5.41 Å². The van der Waals surface area contributed by atoms with Gasteiger partial charge >= 0.3 is 0 Å². The van der Waals surface area contributed by atoms with Crippen LogP contribution >= 0.6 is 11.3 Å². The highest BCUT2D eigenvalue weighted by Gasteiger charge is 2.47. The van der Waals surface area contributed by atoms with Gasteiger partial charge in [0.05, 0.1) is 10.3 Å². The van der Waals surface area contributed by atoms with Gasteiger partial charge in [-0.2, -0.15) is 0 Å². The summed E-state index contributed by atoms with van der Waals surface area (Å²) in [5.41, 5.74) is -1.10. The Morgan fingerprint density at radius 3 is 2.88 bits per heavy atom. The Bertz CT molecular complexity index is 680. The lowest BCUT2D eigenvalue weighted by atomic mass is 9.78. The molecule has 0 unspecified atom stereocenters. The van der Waals surface area contributed by atoms with Crippen LogP contribution in [0.15, 0.2) is 12.1 Å². The molecule has 1 atom stereocenters. The summed E-state index contributed by atoms with van der Waals surface area (Å²) in [4.78, 5) is 19.1. The number of hydrogen-bond acceptors (Lipinski definition) is 4. The highest BCUT2D eigenvalue weighted by molar-refractivity contribution is 7.12. The van der Waals surface area contributed by atoms with E-state index >= 15 is 0 Å². The van der Waals surface area contributed by atoms with Crippen LogP contribution in [-0.4, -0.2) is 53.1 Å². The summed E-state index contributed by atoms with van der Waals surface area (Å²) in [6.45, 7) is 7.02. The second-order valence-electron chi connectivity index (χ2n) is 7.65. The van der Waals surface area contributed by atoms with E-state index in [1.807, 2.05) is 18.0 Å². The molecule has 1 N–H and O–H groups in total. The van der Waals surface area contributed by atoms with E-state index in [0.717, 1.165) is 50.3 Å². The zero-order valence-electron chi connectivity index (χ0n) is 14.8. The lowest BCUT2D eigenvalue weighted by molar-refractivity contribution is -0.143. The summed E-state index contributed by atoms with van der Waals surface area (Å²) < 4.78 is 0. The van der Waals surface area contributed by atoms with Crippen molar-refractivity contribution in [3.05, 3.63) is 21.9 Å². The summed E-state index contributed by atoms with van der Waals surface area (Å²) in [6, 6.07) is 4.13. The minimum atomic E-state index is -0.959. The van der Waals surface area contributed by atoms with Gasteiger partial charge in [0.2, 0.25) is 5.91 Å². The maximum absolute atomic E-state index is 12.6. The number of thiophene rings is 1. The van der Waals surface area contributed by atoms with Crippen LogP contribution in [0.3, 0.4) is 0 Å². The molecule has 2 fully saturated rings. The van der Waals surface area contributed by atoms with Crippen molar-refractivity contribution in [2.45, 2.75) is 45.3 Å². The third-order valence-electron chi connectivity index (χ3n) is 4.91. The number of nitrogens with zero attached hydrogens (tertiary/aromatic N) is 2. The first-order valence-corrected chi connectivity index (χ1v) is 9.41. The topological polar surface area (TPSA) is 43.8 Å². The van der Waals surface area contributed by atoms with Crippen LogP contribution in [0.25, 0.3) is 0 Å². The standard InChI is InChI=1S/C19H26N2O2S/c1-18(2,23)9-7-15-5-6-16(24-15)13-21-12-10-19(14-21)8-4-11-20(3)17(19)22/h5-6,23H,4,8,10-14H2,1-3H3/t19-/m1/s1. The zero-order chi connectivity index (χ0) is 17.4. The Kier molecular flexibility index (Phi) is 4.74. The second kappa shape index (κ2) is 6.51. The van der Waals surface area contributed by atoms with Crippen molar-refractivity contribution >= 4 is 17.2 Å². The summed E-state index contributed by atoms with van der Waals surface area (Å²) in [5, 5.41) is 9.69. The fraction of sp³-hybridized carbons (Fsp3) is 0.632. The molecular weight excluding hydrogens is 320 g/mol. The average Bonchev–Trinajstić information content (AvgIpc) is 3.11. The van der Waals surface area contributed by atoms with Crippen LogP contribution in [0, 0.1) is 17.3 Å². The Morgan fingerprint density at radius 2 is 2.12 bits per heavy atom. The van der Waals surface area contributed by atoms with Crippen LogP contribution in [0.4, 0.5) is 0 Å². The highest BCUT2D eigenvalue weighted by Crippen LogP contribution is 2.40. The van der Waals surface area contributed by atoms with E-state index in [0.29, 0.717) is 5.91 Å². The minimum Gasteiger partial charge on any atom is -0.378 e. The number of piperidine rings is 1. The molecule has 24 heavy (non-hydrogen) atoms. The predicted molar refractivity (Wildman–Crippen MR) is 96.7 cm³/mol. The molecule has 1 spiro atoms. The van der Waals surface area contributed by atoms with Crippen molar-refractivity contribution in [3.63, 3.8) is 0 Å². The first kappa shape index (κ1) is 17.5. The summed E-state index contributed by atoms with van der Waals surface area (Å²) in [5.74, 6) is 6.23. The summed E-state index contributed by atoms with van der Waals surface area (Å²) in [6.07, 6.45) is 3.12. The fourth-order valence-corrected chi connectivity index (χ4v) is 4.61. The molecule has 5 heteroatoms. The highest BCUT2D eigenvalue weighted by atomic mass is 32.1. The number of rotatable bonds is 2. The number of hydrogen-bond donors (Lipinski definition) is 1. The molecule has 1 aromatic heterocycles. The minimum absolute atomic E-state index is 0.145. The monoisotopic (exact) mass is 346 g/mol. The van der Waals surface area contributed by atoms with Crippen LogP contribution in [-0.2, 0) is 11.3 Å². The Labute approximate surface area is 148 Å². The Hall–Kier alpha value is -1.35. The molecule has 3 heterocycles. The fourth-order valence-electron chi connectivity index (χ4n) is 3.70. The number of likely N-dealkylation sites (tertiary alicyclic amines) is 2. The van der Waals surface area contributed by atoms with E-state index in [4.69, 9.17) is 0 Å². The molecular formula is C19H26N2O2S. The number of carbonyl (C=O) groups is 1. The van der Waals surface area contributed by atoms with Gasteiger partial charge in [-0.05, 0) is 51.8 Å². The quantitative estimate of drug-likeness (QED) is 0.836. The smallest absolute Gasteiger partial charge is 0.229 e. The van der Waals surface area contributed by atoms with Crippen molar-refractivity contribution in [1.29, 1.82) is 0 Å². The van der Waals surface area contributed by atoms with Crippen molar-refractivity contribution in [2.24, 2.45) is 5.41 Å². The van der Waals surface area contributed by atoms with Crippen LogP contribution in [0.5, 0.6) is 0 Å². The maximum Gasteiger partial charge on any atom is 0.229 e. The maximum atomic E-state index is 12.6. The molecule has 1 amide bonds. The van der Waals surface area contributed by atoms with Gasteiger partial charge in [0, 0.05) is 31.6 Å². The van der Waals surface area contributed by atoms with E-state index in [2.05, 4.69) is 22.8 Å². The molecule has 3 rings (SSSR count). The number of amides is 1. The van der Waals surface area contributed by atoms with E-state index in [1.54, 1.807) is 25.2 Å². The van der Waals surface area contributed by atoms with Crippen LogP contribution in [0.1, 0.15) is 42.9 Å². The van der Waals surface area contributed by atoms with Crippen molar-refractivity contribution in [2.75, 3.05) is 26.7 Å². The Morgan fingerprint density at radius 1 is 1.33 bits per heavy atom. The zero-order valence-corrected chi connectivity index (χ0v) is 15.6. The normalized spacial score (nSPS) is 25.2.